The van der Waals surface area contributed by atoms with Gasteiger partial charge in [0.1, 0.15) is 6.10 Å². The van der Waals surface area contributed by atoms with Crippen LogP contribution in [-0.2, 0) is 9.53 Å². The zero-order chi connectivity index (χ0) is 13.6. The van der Waals surface area contributed by atoms with Crippen LogP contribution in [0.15, 0.2) is 11.6 Å². The van der Waals surface area contributed by atoms with Crippen LogP contribution in [0, 0.1) is 23.2 Å². The number of hydrogen-bond acceptors (Lipinski definition) is 2. The third-order valence-corrected chi connectivity index (χ3v) is 6.01. The molecule has 2 aliphatic carbocycles. The minimum absolute atomic E-state index is 0.0833. The van der Waals surface area contributed by atoms with Crippen LogP contribution in [0.3, 0.4) is 0 Å². The SMILES string of the molecule is CC[C@@H]1C[C@H]2C(C)=C[C@H]3CCCC[C@@H]3[C@]2(C)C(=O)O1. The fourth-order valence-corrected chi connectivity index (χ4v) is 4.85. The van der Waals surface area contributed by atoms with Crippen molar-refractivity contribution in [3.63, 3.8) is 0 Å². The summed E-state index contributed by atoms with van der Waals surface area (Å²) in [5, 5.41) is 0. The molecule has 1 saturated carbocycles. The van der Waals surface area contributed by atoms with Gasteiger partial charge in [-0.05, 0) is 57.3 Å². The minimum atomic E-state index is -0.254. The Hall–Kier alpha value is -0.790. The Morgan fingerprint density at radius 1 is 1.37 bits per heavy atom. The smallest absolute Gasteiger partial charge is 0.312 e. The van der Waals surface area contributed by atoms with Gasteiger partial charge in [-0.15, -0.1) is 0 Å². The van der Waals surface area contributed by atoms with Crippen LogP contribution in [0.25, 0.3) is 0 Å². The Morgan fingerprint density at radius 2 is 2.11 bits per heavy atom. The van der Waals surface area contributed by atoms with Crippen molar-refractivity contribution in [2.75, 3.05) is 0 Å². The van der Waals surface area contributed by atoms with Crippen LogP contribution in [0.5, 0.6) is 0 Å². The Balaban J connectivity index is 2.00. The van der Waals surface area contributed by atoms with Gasteiger partial charge in [-0.3, -0.25) is 4.79 Å². The van der Waals surface area contributed by atoms with E-state index in [9.17, 15) is 4.79 Å². The highest BCUT2D eigenvalue weighted by molar-refractivity contribution is 5.79. The molecule has 0 radical (unpaired) electrons. The molecule has 0 aromatic carbocycles. The first-order valence-electron chi connectivity index (χ1n) is 7.96. The molecular weight excluding hydrogens is 236 g/mol. The van der Waals surface area contributed by atoms with Gasteiger partial charge in [-0.25, -0.2) is 0 Å². The first kappa shape index (κ1) is 13.2. The number of carbonyl (C=O) groups is 1. The van der Waals surface area contributed by atoms with E-state index in [1.165, 1.54) is 31.3 Å². The van der Waals surface area contributed by atoms with E-state index in [1.54, 1.807) is 0 Å². The van der Waals surface area contributed by atoms with Gasteiger partial charge in [0.25, 0.3) is 0 Å². The normalized spacial score (nSPS) is 45.8. The number of fused-ring (bicyclic) bond motifs is 3. The zero-order valence-corrected chi connectivity index (χ0v) is 12.4. The van der Waals surface area contributed by atoms with Crippen molar-refractivity contribution in [3.8, 4) is 0 Å². The standard InChI is InChI=1S/C17H26O2/c1-4-13-10-15-11(2)9-12-7-5-6-8-14(12)17(15,3)16(18)19-13/h9,12-15H,4-8,10H2,1-3H3/t12-,13-,14+,15+,17+/m1/s1. The average Bonchev–Trinajstić information content (AvgIpc) is 2.41. The molecule has 0 spiro atoms. The molecule has 2 heteroatoms. The van der Waals surface area contributed by atoms with E-state index in [-0.39, 0.29) is 17.5 Å². The summed E-state index contributed by atoms with van der Waals surface area (Å²) in [5.74, 6) is 1.62. The van der Waals surface area contributed by atoms with Crippen LogP contribution in [0.4, 0.5) is 0 Å². The number of rotatable bonds is 1. The maximum absolute atomic E-state index is 12.7. The number of esters is 1. The van der Waals surface area contributed by atoms with E-state index in [0.29, 0.717) is 17.8 Å². The van der Waals surface area contributed by atoms with Crippen molar-refractivity contribution in [2.45, 2.75) is 65.4 Å². The molecule has 0 aromatic rings. The lowest BCUT2D eigenvalue weighted by molar-refractivity contribution is -0.184. The maximum atomic E-state index is 12.7. The third kappa shape index (κ3) is 1.86. The fourth-order valence-electron chi connectivity index (χ4n) is 4.85. The van der Waals surface area contributed by atoms with Gasteiger partial charge < -0.3 is 4.74 Å². The topological polar surface area (TPSA) is 26.3 Å². The molecule has 1 aliphatic heterocycles. The Bertz CT molecular complexity index is 411. The molecule has 0 unspecified atom stereocenters. The van der Waals surface area contributed by atoms with E-state index < -0.39 is 0 Å². The lowest BCUT2D eigenvalue weighted by Gasteiger charge is -2.53. The van der Waals surface area contributed by atoms with E-state index in [2.05, 4.69) is 26.8 Å². The van der Waals surface area contributed by atoms with Gasteiger partial charge in [0, 0.05) is 0 Å². The number of allylic oxidation sites excluding steroid dienone is 2. The molecular formula is C17H26O2. The minimum Gasteiger partial charge on any atom is -0.462 e. The molecule has 3 rings (SSSR count). The molecule has 106 valence electrons. The molecule has 5 atom stereocenters. The summed E-state index contributed by atoms with van der Waals surface area (Å²) >= 11 is 0. The molecule has 2 fully saturated rings. The highest BCUT2D eigenvalue weighted by atomic mass is 16.5. The fraction of sp³-hybridized carbons (Fsp3) is 0.824. The van der Waals surface area contributed by atoms with Crippen LogP contribution in [0.1, 0.15) is 59.3 Å². The third-order valence-electron chi connectivity index (χ3n) is 6.01. The van der Waals surface area contributed by atoms with Gasteiger partial charge in [0.05, 0.1) is 5.41 Å². The average molecular weight is 262 g/mol. The number of ether oxygens (including phenoxy) is 1. The predicted octanol–water partition coefficient (Wildman–Crippen LogP) is 4.10. The van der Waals surface area contributed by atoms with Crippen molar-refractivity contribution in [1.82, 2.24) is 0 Å². The first-order valence-corrected chi connectivity index (χ1v) is 7.96. The van der Waals surface area contributed by atoms with Gasteiger partial charge in [-0.1, -0.05) is 31.4 Å². The molecule has 19 heavy (non-hydrogen) atoms. The van der Waals surface area contributed by atoms with Crippen LogP contribution < -0.4 is 0 Å². The highest BCUT2D eigenvalue weighted by Gasteiger charge is 2.57. The lowest BCUT2D eigenvalue weighted by Crippen LogP contribution is -2.54. The van der Waals surface area contributed by atoms with E-state index in [1.807, 2.05) is 0 Å². The first-order chi connectivity index (χ1) is 9.07. The van der Waals surface area contributed by atoms with Gasteiger partial charge >= 0.3 is 5.97 Å². The largest absolute Gasteiger partial charge is 0.462 e. The molecule has 0 bridgehead atoms. The summed E-state index contributed by atoms with van der Waals surface area (Å²) in [6.07, 6.45) is 9.65. The molecule has 3 aliphatic rings. The van der Waals surface area contributed by atoms with E-state index in [4.69, 9.17) is 4.74 Å². The van der Waals surface area contributed by atoms with Crippen molar-refractivity contribution in [1.29, 1.82) is 0 Å². The van der Waals surface area contributed by atoms with Crippen LogP contribution in [0.2, 0.25) is 0 Å². The van der Waals surface area contributed by atoms with E-state index >= 15 is 0 Å². The summed E-state index contributed by atoms with van der Waals surface area (Å²) in [5.41, 5.74) is 1.19. The molecule has 1 saturated heterocycles. The molecule has 0 N–H and O–H groups in total. The summed E-state index contributed by atoms with van der Waals surface area (Å²) in [4.78, 5) is 12.7. The molecule has 0 aromatic heterocycles. The van der Waals surface area contributed by atoms with E-state index in [0.717, 1.165) is 12.8 Å². The number of cyclic esters (lactones) is 1. The van der Waals surface area contributed by atoms with Gasteiger partial charge in [-0.2, -0.15) is 0 Å². The highest BCUT2D eigenvalue weighted by Crippen LogP contribution is 2.56. The van der Waals surface area contributed by atoms with Gasteiger partial charge in [0.15, 0.2) is 0 Å². The molecule has 0 amide bonds. The van der Waals surface area contributed by atoms with Crippen LogP contribution >= 0.6 is 0 Å². The summed E-state index contributed by atoms with van der Waals surface area (Å²) in [7, 11) is 0. The van der Waals surface area contributed by atoms with Crippen LogP contribution in [-0.4, -0.2) is 12.1 Å². The molecule has 1 heterocycles. The van der Waals surface area contributed by atoms with Crippen molar-refractivity contribution in [3.05, 3.63) is 11.6 Å². The number of hydrogen-bond donors (Lipinski definition) is 0. The summed E-state index contributed by atoms with van der Waals surface area (Å²) in [6, 6.07) is 0. The predicted molar refractivity (Wildman–Crippen MR) is 75.6 cm³/mol. The van der Waals surface area contributed by atoms with Crippen molar-refractivity contribution < 1.29 is 9.53 Å². The summed E-state index contributed by atoms with van der Waals surface area (Å²) in [6.45, 7) is 6.54. The summed E-state index contributed by atoms with van der Waals surface area (Å²) < 4.78 is 5.74. The number of carbonyl (C=O) groups excluding carboxylic acids is 1. The second kappa shape index (κ2) is 4.64. The van der Waals surface area contributed by atoms with Crippen molar-refractivity contribution in [2.24, 2.45) is 23.2 Å². The monoisotopic (exact) mass is 262 g/mol. The Morgan fingerprint density at radius 3 is 2.84 bits per heavy atom. The van der Waals surface area contributed by atoms with Crippen molar-refractivity contribution >= 4 is 5.97 Å². The zero-order valence-electron chi connectivity index (χ0n) is 12.4. The lowest BCUT2D eigenvalue weighted by atomic mass is 9.53. The van der Waals surface area contributed by atoms with Gasteiger partial charge in [0.2, 0.25) is 0 Å². The second-order valence-electron chi connectivity index (χ2n) is 6.97. The Kier molecular flexibility index (Phi) is 3.23. The Labute approximate surface area is 116 Å². The molecule has 2 nitrogen and oxygen atoms in total. The maximum Gasteiger partial charge on any atom is 0.312 e. The second-order valence-corrected chi connectivity index (χ2v) is 6.97. The quantitative estimate of drug-likeness (QED) is 0.525.